The van der Waals surface area contributed by atoms with Crippen LogP contribution in [0.1, 0.15) is 32.1 Å². The van der Waals surface area contributed by atoms with Crippen LogP contribution in [0.15, 0.2) is 24.5 Å². The van der Waals surface area contributed by atoms with Crippen LogP contribution in [0.25, 0.3) is 17.0 Å². The number of anilines is 2. The lowest BCUT2D eigenvalue weighted by Crippen LogP contribution is -2.43. The SMILES string of the molecule is C[B]c1c(NC2CCC(O)CC2)nc(-n2cnc3ccc(F)cc32)nc1N1CCC1. The second-order valence-corrected chi connectivity index (χ2v) is 8.14. The number of halogens is 1. The summed E-state index contributed by atoms with van der Waals surface area (Å²) in [6.07, 6.45) is 5.99. The minimum atomic E-state index is -0.315. The van der Waals surface area contributed by atoms with Crippen LogP contribution < -0.4 is 15.7 Å². The van der Waals surface area contributed by atoms with Crippen molar-refractivity contribution in [3.8, 4) is 5.95 Å². The topological polar surface area (TPSA) is 79.1 Å². The molecule has 0 amide bonds. The zero-order valence-electron chi connectivity index (χ0n) is 17.1. The molecule has 1 aliphatic heterocycles. The number of hydrogen-bond acceptors (Lipinski definition) is 6. The first-order chi connectivity index (χ1) is 14.6. The molecule has 3 heterocycles. The van der Waals surface area contributed by atoms with Crippen LogP contribution >= 0.6 is 0 Å². The fraction of sp³-hybridized carbons (Fsp3) is 0.476. The predicted octanol–water partition coefficient (Wildman–Crippen LogP) is 2.26. The molecule has 2 fully saturated rings. The average molecular weight is 407 g/mol. The minimum absolute atomic E-state index is 0.204. The van der Waals surface area contributed by atoms with E-state index in [1.54, 1.807) is 17.0 Å². The molecule has 3 aromatic rings. The van der Waals surface area contributed by atoms with Crippen molar-refractivity contribution in [2.75, 3.05) is 23.3 Å². The maximum atomic E-state index is 13.9. The van der Waals surface area contributed by atoms with Gasteiger partial charge in [-0.1, -0.05) is 6.82 Å². The second-order valence-electron chi connectivity index (χ2n) is 8.14. The van der Waals surface area contributed by atoms with Gasteiger partial charge in [-0.15, -0.1) is 0 Å². The van der Waals surface area contributed by atoms with Gasteiger partial charge in [0.15, 0.2) is 7.28 Å². The van der Waals surface area contributed by atoms with Gasteiger partial charge in [-0.05, 0) is 49.7 Å². The molecule has 1 aromatic carbocycles. The maximum Gasteiger partial charge on any atom is 0.239 e. The van der Waals surface area contributed by atoms with Gasteiger partial charge >= 0.3 is 0 Å². The molecular weight excluding hydrogens is 382 g/mol. The molecule has 7 nitrogen and oxygen atoms in total. The van der Waals surface area contributed by atoms with E-state index in [2.05, 4.69) is 15.2 Å². The summed E-state index contributed by atoms with van der Waals surface area (Å²) in [7, 11) is 2.04. The highest BCUT2D eigenvalue weighted by molar-refractivity contribution is 6.56. The van der Waals surface area contributed by atoms with Crippen LogP contribution in [0.2, 0.25) is 6.82 Å². The Kier molecular flexibility index (Phi) is 5.06. The average Bonchev–Trinajstić information content (AvgIpc) is 3.11. The molecule has 2 aliphatic rings. The van der Waals surface area contributed by atoms with Crippen LogP contribution in [-0.4, -0.2) is 57.1 Å². The first-order valence-electron chi connectivity index (χ1n) is 10.7. The van der Waals surface area contributed by atoms with E-state index < -0.39 is 0 Å². The third-order valence-electron chi connectivity index (χ3n) is 6.12. The maximum absolute atomic E-state index is 13.9. The summed E-state index contributed by atoms with van der Waals surface area (Å²) in [5, 5.41) is 13.4. The Bertz CT molecular complexity index is 1060. The molecule has 1 saturated carbocycles. The third kappa shape index (κ3) is 3.51. The molecule has 5 rings (SSSR count). The molecule has 2 aromatic heterocycles. The summed E-state index contributed by atoms with van der Waals surface area (Å²) < 4.78 is 15.6. The largest absolute Gasteiger partial charge is 0.393 e. The first-order valence-corrected chi connectivity index (χ1v) is 10.7. The number of aliphatic hydroxyl groups is 1. The number of imidazole rings is 1. The van der Waals surface area contributed by atoms with Crippen molar-refractivity contribution >= 4 is 35.4 Å². The summed E-state index contributed by atoms with van der Waals surface area (Å²) in [5.74, 6) is 1.84. The number of nitrogens with zero attached hydrogens (tertiary/aromatic N) is 5. The number of nitrogens with one attached hydrogen (secondary N) is 1. The van der Waals surface area contributed by atoms with Crippen LogP contribution in [0.3, 0.4) is 0 Å². The normalized spacial score (nSPS) is 21.5. The molecule has 0 bridgehead atoms. The van der Waals surface area contributed by atoms with Crippen molar-refractivity contribution in [1.82, 2.24) is 19.5 Å². The Morgan fingerprint density at radius 3 is 2.67 bits per heavy atom. The molecule has 155 valence electrons. The van der Waals surface area contributed by atoms with Gasteiger partial charge in [-0.3, -0.25) is 4.57 Å². The number of rotatable bonds is 5. The molecule has 2 N–H and O–H groups in total. The zero-order valence-corrected chi connectivity index (χ0v) is 17.1. The lowest BCUT2D eigenvalue weighted by molar-refractivity contribution is 0.126. The van der Waals surface area contributed by atoms with Crippen molar-refractivity contribution in [1.29, 1.82) is 0 Å². The fourth-order valence-corrected chi connectivity index (χ4v) is 4.25. The number of aliphatic hydroxyl groups excluding tert-OH is 1. The van der Waals surface area contributed by atoms with Gasteiger partial charge in [-0.25, -0.2) is 9.37 Å². The van der Waals surface area contributed by atoms with Crippen LogP contribution in [0.4, 0.5) is 16.0 Å². The molecule has 1 aliphatic carbocycles. The van der Waals surface area contributed by atoms with E-state index in [1.165, 1.54) is 12.1 Å². The van der Waals surface area contributed by atoms with Gasteiger partial charge < -0.3 is 15.3 Å². The highest BCUT2D eigenvalue weighted by Gasteiger charge is 2.26. The van der Waals surface area contributed by atoms with Gasteiger partial charge in [0.05, 0.1) is 17.1 Å². The molecular formula is C21H25BFN6O. The molecule has 1 radical (unpaired) electrons. The van der Waals surface area contributed by atoms with Gasteiger partial charge in [-0.2, -0.15) is 9.97 Å². The first kappa shape index (κ1) is 19.3. The molecule has 30 heavy (non-hydrogen) atoms. The van der Waals surface area contributed by atoms with Crippen molar-refractivity contribution in [2.45, 2.75) is 51.1 Å². The van der Waals surface area contributed by atoms with E-state index in [0.717, 1.165) is 62.3 Å². The molecule has 0 atom stereocenters. The van der Waals surface area contributed by atoms with E-state index in [0.29, 0.717) is 17.0 Å². The third-order valence-corrected chi connectivity index (χ3v) is 6.12. The summed E-state index contributed by atoms with van der Waals surface area (Å²) in [6.45, 7) is 3.93. The van der Waals surface area contributed by atoms with Crippen LogP contribution in [0.5, 0.6) is 0 Å². The Balaban J connectivity index is 1.59. The van der Waals surface area contributed by atoms with Gasteiger partial charge in [0, 0.05) is 25.2 Å². The zero-order chi connectivity index (χ0) is 20.7. The van der Waals surface area contributed by atoms with Gasteiger partial charge in [0.25, 0.3) is 0 Å². The number of fused-ring (bicyclic) bond motifs is 1. The number of benzene rings is 1. The Morgan fingerprint density at radius 1 is 1.17 bits per heavy atom. The lowest BCUT2D eigenvalue weighted by atomic mass is 9.72. The minimum Gasteiger partial charge on any atom is -0.393 e. The van der Waals surface area contributed by atoms with Gasteiger partial charge in [0.2, 0.25) is 5.95 Å². The van der Waals surface area contributed by atoms with E-state index in [1.807, 2.05) is 14.1 Å². The lowest BCUT2D eigenvalue weighted by Gasteiger charge is -2.35. The summed E-state index contributed by atoms with van der Waals surface area (Å²) in [5.41, 5.74) is 2.33. The van der Waals surface area contributed by atoms with E-state index in [4.69, 9.17) is 9.97 Å². The Hall–Kier alpha value is -2.68. The highest BCUT2D eigenvalue weighted by atomic mass is 19.1. The predicted molar refractivity (Wildman–Crippen MR) is 117 cm³/mol. The van der Waals surface area contributed by atoms with Crippen molar-refractivity contribution in [3.05, 3.63) is 30.3 Å². The second kappa shape index (κ2) is 7.87. The molecule has 9 heteroatoms. The summed E-state index contributed by atoms with van der Waals surface area (Å²) in [4.78, 5) is 16.3. The number of aromatic nitrogens is 4. The van der Waals surface area contributed by atoms with E-state index >= 15 is 0 Å². The van der Waals surface area contributed by atoms with Gasteiger partial charge in [0.1, 0.15) is 23.8 Å². The fourth-order valence-electron chi connectivity index (χ4n) is 4.25. The molecule has 0 unspecified atom stereocenters. The Labute approximate surface area is 175 Å². The summed E-state index contributed by atoms with van der Waals surface area (Å²) >= 11 is 0. The van der Waals surface area contributed by atoms with Crippen molar-refractivity contribution < 1.29 is 9.50 Å². The monoisotopic (exact) mass is 407 g/mol. The van der Waals surface area contributed by atoms with E-state index in [-0.39, 0.29) is 18.0 Å². The van der Waals surface area contributed by atoms with Crippen LogP contribution in [0, 0.1) is 5.82 Å². The highest BCUT2D eigenvalue weighted by Crippen LogP contribution is 2.26. The van der Waals surface area contributed by atoms with E-state index in [9.17, 15) is 9.50 Å². The smallest absolute Gasteiger partial charge is 0.239 e. The molecule has 1 saturated heterocycles. The van der Waals surface area contributed by atoms with Crippen LogP contribution in [-0.2, 0) is 0 Å². The Morgan fingerprint density at radius 2 is 1.97 bits per heavy atom. The van der Waals surface area contributed by atoms with Crippen molar-refractivity contribution in [2.24, 2.45) is 0 Å². The number of hydrogen-bond donors (Lipinski definition) is 2. The van der Waals surface area contributed by atoms with Crippen molar-refractivity contribution in [3.63, 3.8) is 0 Å². The quantitative estimate of drug-likeness (QED) is 0.632. The standard InChI is InChI=1S/C21H25BFN6O/c1-22-18-19(25-14-4-6-15(30)7-5-14)26-21(27-20(18)28-9-2-10-28)29-12-24-16-8-3-13(23)11-17(16)29/h3,8,11-12,14-15,30H,2,4-7,9-10H2,1H3,(H,25,26,27). The molecule has 0 spiro atoms. The summed E-state index contributed by atoms with van der Waals surface area (Å²) in [6, 6.07) is 4.80.